The Hall–Kier alpha value is 0.0169. The summed E-state index contributed by atoms with van der Waals surface area (Å²) in [6.45, 7) is 8.81. The molecule has 2 unspecified atom stereocenters. The molecule has 0 aliphatic heterocycles. The highest BCUT2D eigenvalue weighted by molar-refractivity contribution is 6.59. The molecule has 16 heavy (non-hydrogen) atoms. The van der Waals surface area contributed by atoms with Gasteiger partial charge in [-0.25, -0.2) is 0 Å². The Bertz CT molecular complexity index is 174. The van der Waals surface area contributed by atoms with Crippen molar-refractivity contribution >= 4 is 8.80 Å². The van der Waals surface area contributed by atoms with E-state index < -0.39 is 15.0 Å². The van der Waals surface area contributed by atoms with Crippen LogP contribution >= 0.6 is 0 Å². The highest BCUT2D eigenvalue weighted by Gasteiger charge is 2.35. The van der Waals surface area contributed by atoms with Crippen molar-refractivity contribution in [3.05, 3.63) is 0 Å². The number of nitrogens with two attached hydrogens (primary N) is 1. The molecule has 0 aromatic heterocycles. The van der Waals surface area contributed by atoms with E-state index in [4.69, 9.17) is 24.1 Å². The summed E-state index contributed by atoms with van der Waals surface area (Å²) in [5.74, 6) is 0. The van der Waals surface area contributed by atoms with Crippen molar-refractivity contribution in [2.45, 2.75) is 52.5 Å². The topological polar surface area (TPSA) is 73.9 Å². The minimum absolute atomic E-state index is 0.0204. The molecule has 0 rings (SSSR count). The molecular formula is C10H25NO4Si. The van der Waals surface area contributed by atoms with Crippen LogP contribution in [0.4, 0.5) is 0 Å². The van der Waals surface area contributed by atoms with E-state index in [1.807, 2.05) is 27.3 Å². The van der Waals surface area contributed by atoms with Gasteiger partial charge in [-0.1, -0.05) is 0 Å². The SMILES string of the molecule is CCO[Si](C)(OCC)OC(C)CCC(N)O. The molecule has 0 aromatic carbocycles. The smallest absolute Gasteiger partial charge is 0.379 e. The van der Waals surface area contributed by atoms with Crippen molar-refractivity contribution in [3.63, 3.8) is 0 Å². The Labute approximate surface area is 99.2 Å². The standard InChI is InChI=1S/C10H25NO4Si/c1-5-13-16(4,14-6-2)15-9(3)7-8-10(11)12/h9-10,12H,5-8,11H2,1-4H3. The van der Waals surface area contributed by atoms with Crippen molar-refractivity contribution in [1.82, 2.24) is 0 Å². The minimum Gasteiger partial charge on any atom is -0.379 e. The van der Waals surface area contributed by atoms with E-state index in [2.05, 4.69) is 0 Å². The van der Waals surface area contributed by atoms with Crippen molar-refractivity contribution in [1.29, 1.82) is 0 Å². The van der Waals surface area contributed by atoms with Gasteiger partial charge in [-0.3, -0.25) is 0 Å². The van der Waals surface area contributed by atoms with Crippen molar-refractivity contribution < 1.29 is 18.4 Å². The van der Waals surface area contributed by atoms with Gasteiger partial charge in [0.1, 0.15) is 6.23 Å². The van der Waals surface area contributed by atoms with Gasteiger partial charge in [0, 0.05) is 25.9 Å². The van der Waals surface area contributed by atoms with E-state index in [9.17, 15) is 0 Å². The number of aliphatic hydroxyl groups is 1. The summed E-state index contributed by atoms with van der Waals surface area (Å²) in [6, 6.07) is 0. The lowest BCUT2D eigenvalue weighted by Gasteiger charge is -2.28. The van der Waals surface area contributed by atoms with Crippen molar-refractivity contribution in [2.24, 2.45) is 5.73 Å². The lowest BCUT2D eigenvalue weighted by molar-refractivity contribution is 0.0352. The Morgan fingerprint density at radius 3 is 2.06 bits per heavy atom. The predicted octanol–water partition coefficient (Wildman–Crippen LogP) is 1.09. The van der Waals surface area contributed by atoms with Crippen LogP contribution < -0.4 is 5.73 Å². The summed E-state index contributed by atoms with van der Waals surface area (Å²) in [6.07, 6.45) is 0.413. The molecule has 98 valence electrons. The molecule has 0 spiro atoms. The molecule has 0 heterocycles. The van der Waals surface area contributed by atoms with Crippen LogP contribution in [0.3, 0.4) is 0 Å². The summed E-state index contributed by atoms with van der Waals surface area (Å²) in [5.41, 5.74) is 5.27. The normalized spacial score (nSPS) is 16.1. The second kappa shape index (κ2) is 8.16. The van der Waals surface area contributed by atoms with Crippen LogP contribution in [-0.2, 0) is 13.3 Å². The van der Waals surface area contributed by atoms with Gasteiger partial charge < -0.3 is 24.1 Å². The summed E-state index contributed by atoms with van der Waals surface area (Å²) in [7, 11) is -2.51. The zero-order chi connectivity index (χ0) is 12.6. The van der Waals surface area contributed by atoms with E-state index >= 15 is 0 Å². The van der Waals surface area contributed by atoms with Gasteiger partial charge in [-0.2, -0.15) is 0 Å². The third kappa shape index (κ3) is 7.32. The zero-order valence-corrected chi connectivity index (χ0v) is 11.7. The fourth-order valence-electron chi connectivity index (χ4n) is 1.46. The molecule has 0 bridgehead atoms. The first-order valence-electron chi connectivity index (χ1n) is 5.83. The maximum atomic E-state index is 8.98. The van der Waals surface area contributed by atoms with Crippen LogP contribution in [0.5, 0.6) is 0 Å². The predicted molar refractivity (Wildman–Crippen MR) is 64.8 cm³/mol. The molecule has 0 saturated carbocycles. The second-order valence-electron chi connectivity index (χ2n) is 3.80. The van der Waals surface area contributed by atoms with Crippen molar-refractivity contribution in [2.75, 3.05) is 13.2 Å². The molecule has 0 radical (unpaired) electrons. The first-order chi connectivity index (χ1) is 7.43. The Balaban J connectivity index is 4.06. The van der Waals surface area contributed by atoms with Crippen LogP contribution in [0.25, 0.3) is 0 Å². The number of hydrogen-bond donors (Lipinski definition) is 2. The van der Waals surface area contributed by atoms with Crippen molar-refractivity contribution in [3.8, 4) is 0 Å². The van der Waals surface area contributed by atoms with Gasteiger partial charge in [0.05, 0.1) is 0 Å². The fourth-order valence-corrected chi connectivity index (χ4v) is 3.58. The highest BCUT2D eigenvalue weighted by atomic mass is 28.4. The molecular weight excluding hydrogens is 226 g/mol. The third-order valence-corrected chi connectivity index (χ3v) is 4.55. The van der Waals surface area contributed by atoms with E-state index in [-0.39, 0.29) is 6.10 Å². The second-order valence-corrected chi connectivity index (χ2v) is 6.34. The summed E-state index contributed by atoms with van der Waals surface area (Å²) in [4.78, 5) is 0. The maximum Gasteiger partial charge on any atom is 0.497 e. The van der Waals surface area contributed by atoms with Gasteiger partial charge in [0.25, 0.3) is 0 Å². The zero-order valence-electron chi connectivity index (χ0n) is 10.7. The average molecular weight is 251 g/mol. The molecule has 0 aromatic rings. The summed E-state index contributed by atoms with van der Waals surface area (Å²) >= 11 is 0. The third-order valence-electron chi connectivity index (χ3n) is 2.10. The number of rotatable bonds is 9. The molecule has 5 nitrogen and oxygen atoms in total. The maximum absolute atomic E-state index is 8.98. The van der Waals surface area contributed by atoms with Crippen LogP contribution in [0.15, 0.2) is 0 Å². The minimum atomic E-state index is -2.51. The highest BCUT2D eigenvalue weighted by Crippen LogP contribution is 2.15. The quantitative estimate of drug-likeness (QED) is 0.474. The first kappa shape index (κ1) is 16.0. The van der Waals surface area contributed by atoms with E-state index in [0.29, 0.717) is 26.1 Å². The molecule has 3 N–H and O–H groups in total. The van der Waals surface area contributed by atoms with Crippen LogP contribution in [0, 0.1) is 0 Å². The molecule has 0 saturated heterocycles. The first-order valence-corrected chi connectivity index (χ1v) is 8.05. The van der Waals surface area contributed by atoms with Crippen LogP contribution in [0.1, 0.15) is 33.6 Å². The number of hydrogen-bond acceptors (Lipinski definition) is 5. The molecule has 0 amide bonds. The van der Waals surface area contributed by atoms with Crippen LogP contribution in [-0.4, -0.2) is 39.5 Å². The molecule has 0 fully saturated rings. The monoisotopic (exact) mass is 251 g/mol. The van der Waals surface area contributed by atoms with Gasteiger partial charge >= 0.3 is 8.80 Å². The van der Waals surface area contributed by atoms with Crippen LogP contribution in [0.2, 0.25) is 6.55 Å². The fraction of sp³-hybridized carbons (Fsp3) is 1.00. The molecule has 0 aliphatic carbocycles. The average Bonchev–Trinajstić information content (AvgIpc) is 2.15. The molecule has 0 aliphatic rings. The van der Waals surface area contributed by atoms with Gasteiger partial charge in [0.15, 0.2) is 0 Å². The Morgan fingerprint density at radius 1 is 1.19 bits per heavy atom. The van der Waals surface area contributed by atoms with E-state index in [1.54, 1.807) is 0 Å². The lowest BCUT2D eigenvalue weighted by atomic mass is 10.2. The van der Waals surface area contributed by atoms with Gasteiger partial charge in [-0.15, -0.1) is 0 Å². The summed E-state index contributed by atoms with van der Waals surface area (Å²) in [5, 5.41) is 8.98. The molecule has 2 atom stereocenters. The van der Waals surface area contributed by atoms with E-state index in [0.717, 1.165) is 0 Å². The Morgan fingerprint density at radius 2 is 1.69 bits per heavy atom. The molecule has 6 heteroatoms. The van der Waals surface area contributed by atoms with Gasteiger partial charge in [0.2, 0.25) is 0 Å². The Kier molecular flexibility index (Phi) is 8.17. The number of aliphatic hydroxyl groups excluding tert-OH is 1. The largest absolute Gasteiger partial charge is 0.497 e. The lowest BCUT2D eigenvalue weighted by Crippen LogP contribution is -2.45. The summed E-state index contributed by atoms with van der Waals surface area (Å²) < 4.78 is 16.9. The van der Waals surface area contributed by atoms with E-state index in [1.165, 1.54) is 0 Å². The van der Waals surface area contributed by atoms with Gasteiger partial charge in [-0.05, 0) is 33.6 Å².